The quantitative estimate of drug-likeness (QED) is 0.715. The fourth-order valence-corrected chi connectivity index (χ4v) is 4.90. The molecule has 0 aromatic heterocycles. The lowest BCUT2D eigenvalue weighted by Gasteiger charge is -2.38. The number of nitrogens with zero attached hydrogens (tertiary/aromatic N) is 1. The molecule has 0 amide bonds. The number of hydrogen-bond acceptors (Lipinski definition) is 8. The van der Waals surface area contributed by atoms with Gasteiger partial charge in [-0.1, -0.05) is 23.7 Å². The second kappa shape index (κ2) is 8.45. The molecule has 5 rings (SSSR count). The summed E-state index contributed by atoms with van der Waals surface area (Å²) in [6.07, 6.45) is 0.196. The van der Waals surface area contributed by atoms with Crippen molar-refractivity contribution in [2.24, 2.45) is 0 Å². The van der Waals surface area contributed by atoms with Crippen molar-refractivity contribution < 1.29 is 33.6 Å². The van der Waals surface area contributed by atoms with Crippen molar-refractivity contribution in [3.63, 3.8) is 0 Å². The molecule has 166 valence electrons. The number of aliphatic hydroxyl groups excluding tert-OH is 1. The van der Waals surface area contributed by atoms with Gasteiger partial charge in [-0.3, -0.25) is 4.90 Å². The van der Waals surface area contributed by atoms with E-state index in [4.69, 9.17) is 40.4 Å². The largest absolute Gasteiger partial charge is 0.496 e. The number of carbonyl (C=O) groups is 1. The number of likely N-dealkylation sites (N-methyl/N-ethyl adjacent to an activating group) is 1. The molecular formula is C22H24ClNO7. The van der Waals surface area contributed by atoms with Crippen LogP contribution in [0, 0.1) is 0 Å². The Bertz CT molecular complexity index is 1030. The standard InChI is InChI=1S/C21H20ClNO6.CH4O/c1-23-8-7-10-14(18(26-3)20-19(15(10)22)27-9-28-20)16(23)17-11-5-4-6-12(25-2)13(11)21(24)29-17;1-2/h4-6,16-17H,7-9H2,1-3H3;2H,1H3. The van der Waals surface area contributed by atoms with Crippen LogP contribution in [0.25, 0.3) is 0 Å². The summed E-state index contributed by atoms with van der Waals surface area (Å²) in [5.74, 6) is 1.68. The van der Waals surface area contributed by atoms with Gasteiger partial charge in [0.2, 0.25) is 12.5 Å². The topological polar surface area (TPSA) is 86.7 Å². The van der Waals surface area contributed by atoms with Crippen LogP contribution in [0.2, 0.25) is 5.02 Å². The number of fused-ring (bicyclic) bond motifs is 3. The van der Waals surface area contributed by atoms with Crippen LogP contribution < -0.4 is 18.9 Å². The summed E-state index contributed by atoms with van der Waals surface area (Å²) in [5, 5.41) is 7.53. The van der Waals surface area contributed by atoms with E-state index >= 15 is 0 Å². The average Bonchev–Trinajstić information content (AvgIpc) is 3.41. The summed E-state index contributed by atoms with van der Waals surface area (Å²) < 4.78 is 28.3. The van der Waals surface area contributed by atoms with Crippen molar-refractivity contribution in [3.8, 4) is 23.0 Å². The highest BCUT2D eigenvalue weighted by Crippen LogP contribution is 2.57. The van der Waals surface area contributed by atoms with Gasteiger partial charge in [0.1, 0.15) is 17.4 Å². The molecule has 1 N–H and O–H groups in total. The van der Waals surface area contributed by atoms with Crippen molar-refractivity contribution >= 4 is 17.6 Å². The first kappa shape index (κ1) is 21.5. The number of hydrogen-bond donors (Lipinski definition) is 1. The maximum Gasteiger partial charge on any atom is 0.343 e. The Morgan fingerprint density at radius 2 is 1.90 bits per heavy atom. The van der Waals surface area contributed by atoms with E-state index in [1.165, 1.54) is 0 Å². The molecule has 3 aliphatic heterocycles. The molecule has 31 heavy (non-hydrogen) atoms. The summed E-state index contributed by atoms with van der Waals surface area (Å²) in [7, 11) is 6.13. The Kier molecular flexibility index (Phi) is 5.88. The van der Waals surface area contributed by atoms with E-state index in [-0.39, 0.29) is 12.8 Å². The van der Waals surface area contributed by atoms with E-state index in [1.54, 1.807) is 20.3 Å². The van der Waals surface area contributed by atoms with Crippen molar-refractivity contribution in [1.29, 1.82) is 0 Å². The molecule has 0 aliphatic carbocycles. The van der Waals surface area contributed by atoms with Crippen LogP contribution in [0.3, 0.4) is 0 Å². The van der Waals surface area contributed by atoms with Crippen LogP contribution in [0.15, 0.2) is 18.2 Å². The smallest absolute Gasteiger partial charge is 0.343 e. The minimum absolute atomic E-state index is 0.0905. The lowest BCUT2D eigenvalue weighted by atomic mass is 9.85. The summed E-state index contributed by atoms with van der Waals surface area (Å²) in [6, 6.07) is 5.23. The maximum atomic E-state index is 12.7. The molecule has 0 saturated heterocycles. The minimum Gasteiger partial charge on any atom is -0.496 e. The molecule has 0 radical (unpaired) electrons. The third kappa shape index (κ3) is 3.17. The molecule has 0 bridgehead atoms. The fraction of sp³-hybridized carbons (Fsp3) is 0.409. The Hall–Kier alpha value is -2.68. The monoisotopic (exact) mass is 449 g/mol. The number of methoxy groups -OCH3 is 2. The van der Waals surface area contributed by atoms with Crippen molar-refractivity contribution in [3.05, 3.63) is 45.5 Å². The van der Waals surface area contributed by atoms with Crippen LogP contribution in [-0.2, 0) is 11.2 Å². The van der Waals surface area contributed by atoms with Gasteiger partial charge in [-0.05, 0) is 25.1 Å². The highest BCUT2D eigenvalue weighted by molar-refractivity contribution is 6.33. The first-order valence-corrected chi connectivity index (χ1v) is 10.1. The van der Waals surface area contributed by atoms with Gasteiger partial charge < -0.3 is 28.8 Å². The average molecular weight is 450 g/mol. The van der Waals surface area contributed by atoms with Gasteiger partial charge in [0.25, 0.3) is 0 Å². The molecular weight excluding hydrogens is 426 g/mol. The fourth-order valence-electron chi connectivity index (χ4n) is 4.56. The molecule has 0 fully saturated rings. The molecule has 9 heteroatoms. The second-order valence-corrected chi connectivity index (χ2v) is 7.61. The number of benzene rings is 2. The lowest BCUT2D eigenvalue weighted by molar-refractivity contribution is 0.00875. The van der Waals surface area contributed by atoms with E-state index in [1.807, 2.05) is 19.2 Å². The van der Waals surface area contributed by atoms with Crippen LogP contribution in [0.1, 0.15) is 39.2 Å². The van der Waals surface area contributed by atoms with Gasteiger partial charge >= 0.3 is 5.97 Å². The number of cyclic esters (lactones) is 1. The van der Waals surface area contributed by atoms with E-state index in [9.17, 15) is 4.79 Å². The molecule has 2 unspecified atom stereocenters. The summed E-state index contributed by atoms with van der Waals surface area (Å²) in [6.45, 7) is 0.834. The summed E-state index contributed by atoms with van der Waals surface area (Å²) >= 11 is 6.69. The van der Waals surface area contributed by atoms with Gasteiger partial charge in [-0.15, -0.1) is 0 Å². The zero-order valence-electron chi connectivity index (χ0n) is 17.7. The molecule has 8 nitrogen and oxygen atoms in total. The zero-order chi connectivity index (χ0) is 22.3. The summed E-state index contributed by atoms with van der Waals surface area (Å²) in [5.41, 5.74) is 3.05. The van der Waals surface area contributed by atoms with Crippen molar-refractivity contribution in [1.82, 2.24) is 4.90 Å². The number of aliphatic hydroxyl groups is 1. The number of ether oxygens (including phenoxy) is 5. The highest BCUT2D eigenvalue weighted by Gasteiger charge is 2.46. The van der Waals surface area contributed by atoms with Gasteiger partial charge in [0, 0.05) is 24.8 Å². The van der Waals surface area contributed by atoms with Crippen LogP contribution in [0.5, 0.6) is 23.0 Å². The molecule has 0 saturated carbocycles. The number of esters is 1. The zero-order valence-corrected chi connectivity index (χ0v) is 18.5. The normalized spacial score (nSPS) is 20.9. The van der Waals surface area contributed by atoms with Crippen LogP contribution >= 0.6 is 11.6 Å². The Morgan fingerprint density at radius 3 is 2.61 bits per heavy atom. The number of halogens is 1. The van der Waals surface area contributed by atoms with Crippen LogP contribution in [0.4, 0.5) is 0 Å². The maximum absolute atomic E-state index is 12.7. The third-order valence-corrected chi connectivity index (χ3v) is 6.25. The predicted molar refractivity (Wildman–Crippen MR) is 112 cm³/mol. The number of carbonyl (C=O) groups excluding carboxylic acids is 1. The Morgan fingerprint density at radius 1 is 1.16 bits per heavy atom. The SMILES string of the molecule is CO.COc1cccc2c1C(=O)OC2C1c2c(c(Cl)c3c(c2OC)OCO3)CCN1C. The lowest BCUT2D eigenvalue weighted by Crippen LogP contribution is -2.36. The second-order valence-electron chi connectivity index (χ2n) is 7.23. The predicted octanol–water partition coefficient (Wildman–Crippen LogP) is 3.14. The van der Waals surface area contributed by atoms with Crippen LogP contribution in [-0.4, -0.2) is 57.7 Å². The molecule has 0 spiro atoms. The molecule has 2 aromatic carbocycles. The third-order valence-electron chi connectivity index (χ3n) is 5.85. The Balaban J connectivity index is 0.00000112. The summed E-state index contributed by atoms with van der Waals surface area (Å²) in [4.78, 5) is 14.9. The molecule has 3 aliphatic rings. The first-order chi connectivity index (χ1) is 15.1. The molecule has 3 heterocycles. The van der Waals surface area contributed by atoms with Gasteiger partial charge in [0.05, 0.1) is 25.3 Å². The van der Waals surface area contributed by atoms with Crippen molar-refractivity contribution in [2.75, 3.05) is 41.7 Å². The van der Waals surface area contributed by atoms with E-state index < -0.39 is 12.1 Å². The first-order valence-electron chi connectivity index (χ1n) is 9.77. The molecule has 2 aromatic rings. The highest BCUT2D eigenvalue weighted by atomic mass is 35.5. The number of rotatable bonds is 3. The Labute approximate surface area is 185 Å². The minimum atomic E-state index is -0.526. The van der Waals surface area contributed by atoms with Gasteiger partial charge in [0.15, 0.2) is 11.5 Å². The van der Waals surface area contributed by atoms with Crippen molar-refractivity contribution in [2.45, 2.75) is 18.6 Å². The van der Waals surface area contributed by atoms with E-state index in [0.717, 1.165) is 36.8 Å². The van der Waals surface area contributed by atoms with Gasteiger partial charge in [-0.25, -0.2) is 4.79 Å². The van der Waals surface area contributed by atoms with E-state index in [2.05, 4.69) is 4.90 Å². The molecule has 2 atom stereocenters. The van der Waals surface area contributed by atoms with Gasteiger partial charge in [-0.2, -0.15) is 0 Å². The van der Waals surface area contributed by atoms with E-state index in [0.29, 0.717) is 33.6 Å².